The Kier molecular flexibility index (Phi) is 5.24. The van der Waals surface area contributed by atoms with Gasteiger partial charge in [0.05, 0.1) is 17.0 Å². The van der Waals surface area contributed by atoms with Gasteiger partial charge in [-0.15, -0.1) is 0 Å². The van der Waals surface area contributed by atoms with Gasteiger partial charge >= 0.3 is 0 Å². The summed E-state index contributed by atoms with van der Waals surface area (Å²) >= 11 is 0. The van der Waals surface area contributed by atoms with E-state index in [0.717, 1.165) is 36.1 Å². The van der Waals surface area contributed by atoms with Crippen molar-refractivity contribution >= 4 is 26.6 Å². The van der Waals surface area contributed by atoms with Crippen LogP contribution in [0.25, 0.3) is 10.9 Å². The molecule has 6 nitrogen and oxygen atoms in total. The van der Waals surface area contributed by atoms with E-state index in [1.807, 2.05) is 0 Å². The highest BCUT2D eigenvalue weighted by atomic mass is 32.2. The molecule has 0 bridgehead atoms. The lowest BCUT2D eigenvalue weighted by Gasteiger charge is -2.31. The Morgan fingerprint density at radius 1 is 1.28 bits per heavy atom. The third kappa shape index (κ3) is 3.93. The van der Waals surface area contributed by atoms with Crippen molar-refractivity contribution in [1.29, 1.82) is 0 Å². The zero-order chi connectivity index (χ0) is 18.0. The van der Waals surface area contributed by atoms with Crippen molar-refractivity contribution in [1.82, 2.24) is 9.97 Å². The molecule has 1 fully saturated rings. The second-order valence-electron chi connectivity index (χ2n) is 6.91. The minimum Gasteiger partial charge on any atom is -0.383 e. The minimum absolute atomic E-state index is 0.294. The molecule has 0 spiro atoms. The van der Waals surface area contributed by atoms with Crippen molar-refractivity contribution < 1.29 is 13.2 Å². The zero-order valence-corrected chi connectivity index (χ0v) is 15.8. The monoisotopic (exact) mass is 363 g/mol. The second-order valence-corrected chi connectivity index (χ2v) is 8.92. The molecule has 2 unspecified atom stereocenters. The summed E-state index contributed by atoms with van der Waals surface area (Å²) in [5.41, 5.74) is 0.755. The molecular formula is C18H25N3O3S. The van der Waals surface area contributed by atoms with Crippen molar-refractivity contribution in [3.8, 4) is 0 Å². The first-order valence-electron chi connectivity index (χ1n) is 8.60. The topological polar surface area (TPSA) is 72.4 Å². The van der Waals surface area contributed by atoms with Crippen LogP contribution in [0, 0.1) is 5.92 Å². The van der Waals surface area contributed by atoms with Crippen LogP contribution in [0.15, 0.2) is 29.4 Å². The third-order valence-electron chi connectivity index (χ3n) is 4.93. The van der Waals surface area contributed by atoms with Gasteiger partial charge in [-0.25, -0.2) is 18.4 Å². The fraction of sp³-hybridized carbons (Fsp3) is 0.556. The maximum absolute atomic E-state index is 12.0. The largest absolute Gasteiger partial charge is 0.383 e. The Morgan fingerprint density at radius 3 is 2.72 bits per heavy atom. The molecule has 1 aromatic carbocycles. The molecule has 2 aromatic rings. The van der Waals surface area contributed by atoms with Crippen LogP contribution >= 0.6 is 0 Å². The lowest BCUT2D eigenvalue weighted by Crippen LogP contribution is -2.37. The van der Waals surface area contributed by atoms with E-state index in [2.05, 4.69) is 21.8 Å². The van der Waals surface area contributed by atoms with Crippen LogP contribution in [-0.4, -0.2) is 50.9 Å². The van der Waals surface area contributed by atoms with Crippen molar-refractivity contribution in [3.05, 3.63) is 24.5 Å². The Morgan fingerprint density at radius 2 is 2.08 bits per heavy atom. The minimum atomic E-state index is -3.28. The van der Waals surface area contributed by atoms with E-state index >= 15 is 0 Å². The smallest absolute Gasteiger partial charge is 0.175 e. The Bertz CT molecular complexity index is 854. The molecule has 1 saturated carbocycles. The molecule has 0 N–H and O–H groups in total. The van der Waals surface area contributed by atoms with Gasteiger partial charge in [0, 0.05) is 31.3 Å². The number of rotatable bonds is 6. The first-order valence-corrected chi connectivity index (χ1v) is 10.5. The van der Waals surface area contributed by atoms with Crippen molar-refractivity contribution in [2.24, 2.45) is 5.92 Å². The second kappa shape index (κ2) is 7.25. The third-order valence-corrected chi connectivity index (χ3v) is 6.04. The van der Waals surface area contributed by atoms with Crippen LogP contribution in [0.2, 0.25) is 0 Å². The number of aromatic nitrogens is 2. The number of sulfone groups is 1. The average Bonchev–Trinajstić information content (AvgIpc) is 3.00. The van der Waals surface area contributed by atoms with Gasteiger partial charge in [0.2, 0.25) is 0 Å². The summed E-state index contributed by atoms with van der Waals surface area (Å²) in [5.74, 6) is 1.49. The standard InChI is InChI=1S/C18H25N3O3S/c1-13-4-5-14(10-13)21(8-9-24-2)18-16-11-15(25(3,22)23)6-7-17(16)19-12-20-18/h6-7,11-14H,4-5,8-10H2,1-3H3. The van der Waals surface area contributed by atoms with Crippen LogP contribution in [0.1, 0.15) is 26.2 Å². The summed E-state index contributed by atoms with van der Waals surface area (Å²) in [7, 11) is -1.59. The molecule has 0 saturated heterocycles. The van der Waals surface area contributed by atoms with Crippen molar-refractivity contribution in [2.75, 3.05) is 31.4 Å². The number of methoxy groups -OCH3 is 1. The SMILES string of the molecule is COCCN(c1ncnc2ccc(S(C)(=O)=O)cc12)C1CCC(C)C1. The van der Waals surface area contributed by atoms with E-state index in [1.54, 1.807) is 31.6 Å². The lowest BCUT2D eigenvalue weighted by molar-refractivity contribution is 0.203. The van der Waals surface area contributed by atoms with Crippen molar-refractivity contribution in [3.63, 3.8) is 0 Å². The quantitative estimate of drug-likeness (QED) is 0.786. The summed E-state index contributed by atoms with van der Waals surface area (Å²) in [6.07, 6.45) is 6.20. The molecule has 1 heterocycles. The highest BCUT2D eigenvalue weighted by Crippen LogP contribution is 2.34. The molecule has 0 aliphatic heterocycles. The fourth-order valence-electron chi connectivity index (χ4n) is 3.59. The van der Waals surface area contributed by atoms with Gasteiger partial charge in [0.1, 0.15) is 12.1 Å². The van der Waals surface area contributed by atoms with Crippen LogP contribution in [0.4, 0.5) is 5.82 Å². The maximum Gasteiger partial charge on any atom is 0.175 e. The van der Waals surface area contributed by atoms with E-state index < -0.39 is 9.84 Å². The van der Waals surface area contributed by atoms with Gasteiger partial charge in [-0.3, -0.25) is 0 Å². The molecule has 25 heavy (non-hydrogen) atoms. The normalized spacial score (nSPS) is 20.9. The molecule has 3 rings (SSSR count). The van der Waals surface area contributed by atoms with E-state index in [4.69, 9.17) is 4.74 Å². The van der Waals surface area contributed by atoms with Gasteiger partial charge in [-0.2, -0.15) is 0 Å². The first-order chi connectivity index (χ1) is 11.9. The summed E-state index contributed by atoms with van der Waals surface area (Å²) in [6.45, 7) is 3.60. The van der Waals surface area contributed by atoms with E-state index in [-0.39, 0.29) is 0 Å². The predicted octanol–water partition coefficient (Wildman–Crippen LogP) is 2.67. The first kappa shape index (κ1) is 18.1. The molecule has 1 aliphatic carbocycles. The average molecular weight is 363 g/mol. The molecule has 2 atom stereocenters. The summed E-state index contributed by atoms with van der Waals surface area (Å²) in [5, 5.41) is 0.779. The van der Waals surface area contributed by atoms with Gasteiger partial charge in [-0.1, -0.05) is 6.92 Å². The van der Waals surface area contributed by atoms with Crippen molar-refractivity contribution in [2.45, 2.75) is 37.1 Å². The zero-order valence-electron chi connectivity index (χ0n) is 15.0. The molecule has 7 heteroatoms. The number of hydrogen-bond donors (Lipinski definition) is 0. The highest BCUT2D eigenvalue weighted by Gasteiger charge is 2.29. The number of ether oxygens (including phenoxy) is 1. The van der Waals surface area contributed by atoms with Gasteiger partial charge in [0.25, 0.3) is 0 Å². The Balaban J connectivity index is 2.09. The van der Waals surface area contributed by atoms with Gasteiger partial charge in [0.15, 0.2) is 9.84 Å². The summed E-state index contributed by atoms with van der Waals surface area (Å²) in [4.78, 5) is 11.4. The number of anilines is 1. The predicted molar refractivity (Wildman–Crippen MR) is 98.7 cm³/mol. The van der Waals surface area contributed by atoms with E-state index in [1.165, 1.54) is 12.7 Å². The molecule has 1 aromatic heterocycles. The van der Waals surface area contributed by atoms with Crippen LogP contribution in [-0.2, 0) is 14.6 Å². The molecular weight excluding hydrogens is 338 g/mol. The van der Waals surface area contributed by atoms with Gasteiger partial charge in [-0.05, 0) is 43.4 Å². The molecule has 0 radical (unpaired) electrons. The van der Waals surface area contributed by atoms with Crippen LogP contribution in [0.3, 0.4) is 0 Å². The number of nitrogens with zero attached hydrogens (tertiary/aromatic N) is 3. The molecule has 136 valence electrons. The number of fused-ring (bicyclic) bond motifs is 1. The summed E-state index contributed by atoms with van der Waals surface area (Å²) < 4.78 is 29.2. The fourth-order valence-corrected chi connectivity index (χ4v) is 4.24. The van der Waals surface area contributed by atoms with E-state index in [9.17, 15) is 8.42 Å². The Labute approximate surface area is 149 Å². The van der Waals surface area contributed by atoms with E-state index in [0.29, 0.717) is 23.5 Å². The van der Waals surface area contributed by atoms with Gasteiger partial charge < -0.3 is 9.64 Å². The molecule has 1 aliphatic rings. The maximum atomic E-state index is 12.0. The number of benzene rings is 1. The van der Waals surface area contributed by atoms with Crippen LogP contribution < -0.4 is 4.90 Å². The van der Waals surface area contributed by atoms with Crippen LogP contribution in [0.5, 0.6) is 0 Å². The summed E-state index contributed by atoms with van der Waals surface area (Å²) in [6, 6.07) is 5.44. The lowest BCUT2D eigenvalue weighted by atomic mass is 10.1. The number of hydrogen-bond acceptors (Lipinski definition) is 6. The molecule has 0 amide bonds. The highest BCUT2D eigenvalue weighted by molar-refractivity contribution is 7.90. The Hall–Kier alpha value is -1.73.